The van der Waals surface area contributed by atoms with Gasteiger partial charge in [-0.25, -0.2) is 4.39 Å². The Bertz CT molecular complexity index is 974. The summed E-state index contributed by atoms with van der Waals surface area (Å²) in [5.41, 5.74) is 1.70. The molecule has 0 spiro atoms. The van der Waals surface area contributed by atoms with Gasteiger partial charge in [-0.2, -0.15) is 0 Å². The molecule has 1 N–H and O–H groups in total. The van der Waals surface area contributed by atoms with Gasteiger partial charge in [0.25, 0.3) is 0 Å². The number of nitrogens with one attached hydrogen (secondary N) is 1. The van der Waals surface area contributed by atoms with Gasteiger partial charge in [-0.15, -0.1) is 0 Å². The highest BCUT2D eigenvalue weighted by Crippen LogP contribution is 2.25. The van der Waals surface area contributed by atoms with Crippen LogP contribution in [0.4, 0.5) is 15.8 Å². The summed E-state index contributed by atoms with van der Waals surface area (Å²) in [6.07, 6.45) is 0.0693. The molecular formula is C24H27FN4O3. The molecule has 2 aromatic carbocycles. The van der Waals surface area contributed by atoms with Crippen molar-refractivity contribution in [3.63, 3.8) is 0 Å². The molecule has 2 aliphatic heterocycles. The van der Waals surface area contributed by atoms with E-state index < -0.39 is 12.0 Å². The topological polar surface area (TPSA) is 73.0 Å². The van der Waals surface area contributed by atoms with Crippen molar-refractivity contribution in [1.29, 1.82) is 0 Å². The smallest absolute Gasteiger partial charge is 0.244 e. The van der Waals surface area contributed by atoms with Gasteiger partial charge in [0.05, 0.1) is 5.92 Å². The lowest BCUT2D eigenvalue weighted by Gasteiger charge is -2.37. The fourth-order valence-electron chi connectivity index (χ4n) is 4.24. The molecule has 2 atom stereocenters. The van der Waals surface area contributed by atoms with E-state index in [4.69, 9.17) is 0 Å². The Morgan fingerprint density at radius 3 is 2.28 bits per heavy atom. The quantitative estimate of drug-likeness (QED) is 0.776. The molecule has 4 rings (SSSR count). The molecule has 0 saturated carbocycles. The first-order valence-corrected chi connectivity index (χ1v) is 10.9. The lowest BCUT2D eigenvalue weighted by molar-refractivity contribution is -0.137. The van der Waals surface area contributed by atoms with E-state index >= 15 is 0 Å². The van der Waals surface area contributed by atoms with Crippen LogP contribution in [0.15, 0.2) is 54.6 Å². The summed E-state index contributed by atoms with van der Waals surface area (Å²) >= 11 is 0. The molecule has 32 heavy (non-hydrogen) atoms. The van der Waals surface area contributed by atoms with E-state index in [0.29, 0.717) is 18.8 Å². The number of hydrogen-bond donors (Lipinski definition) is 1. The monoisotopic (exact) mass is 438 g/mol. The van der Waals surface area contributed by atoms with Crippen LogP contribution >= 0.6 is 0 Å². The fourth-order valence-corrected chi connectivity index (χ4v) is 4.24. The van der Waals surface area contributed by atoms with Crippen LogP contribution in [0.5, 0.6) is 0 Å². The number of carbonyl (C=O) groups excluding carboxylic acids is 3. The second-order valence-electron chi connectivity index (χ2n) is 8.26. The van der Waals surface area contributed by atoms with Gasteiger partial charge in [-0.1, -0.05) is 18.2 Å². The Hall–Kier alpha value is -3.42. The van der Waals surface area contributed by atoms with Crippen molar-refractivity contribution in [3.05, 3.63) is 60.4 Å². The fraction of sp³-hybridized carbons (Fsp3) is 0.375. The summed E-state index contributed by atoms with van der Waals surface area (Å²) in [5.74, 6) is -1.55. The Kier molecular flexibility index (Phi) is 6.39. The molecule has 0 aliphatic carbocycles. The highest BCUT2D eigenvalue weighted by molar-refractivity contribution is 6.01. The van der Waals surface area contributed by atoms with Gasteiger partial charge in [0.1, 0.15) is 11.9 Å². The second-order valence-corrected chi connectivity index (χ2v) is 8.26. The van der Waals surface area contributed by atoms with Crippen LogP contribution in [-0.4, -0.2) is 61.4 Å². The second kappa shape index (κ2) is 9.38. The number of piperazine rings is 1. The first-order valence-electron chi connectivity index (χ1n) is 10.9. The van der Waals surface area contributed by atoms with Crippen LogP contribution in [0.1, 0.15) is 13.3 Å². The number of para-hydroxylation sites is 1. The number of carbonyl (C=O) groups is 3. The molecule has 2 fully saturated rings. The molecule has 8 heteroatoms. The number of amides is 3. The largest absolute Gasteiger partial charge is 0.368 e. The van der Waals surface area contributed by atoms with Crippen LogP contribution in [0.2, 0.25) is 0 Å². The lowest BCUT2D eigenvalue weighted by Crippen LogP contribution is -2.54. The lowest BCUT2D eigenvalue weighted by atomic mass is 10.1. The minimum atomic E-state index is -0.666. The highest BCUT2D eigenvalue weighted by Gasteiger charge is 2.36. The molecule has 0 aromatic heterocycles. The zero-order valence-electron chi connectivity index (χ0n) is 18.0. The van der Waals surface area contributed by atoms with Crippen LogP contribution in [-0.2, 0) is 14.4 Å². The number of anilines is 2. The molecule has 2 heterocycles. The van der Waals surface area contributed by atoms with Crippen LogP contribution in [0.3, 0.4) is 0 Å². The van der Waals surface area contributed by atoms with E-state index in [1.165, 1.54) is 29.2 Å². The summed E-state index contributed by atoms with van der Waals surface area (Å²) in [5, 5.41) is 2.78. The number of hydrogen-bond acceptors (Lipinski definition) is 4. The Labute approximate surface area is 186 Å². The minimum Gasteiger partial charge on any atom is -0.368 e. The van der Waals surface area contributed by atoms with Gasteiger partial charge in [0, 0.05) is 50.5 Å². The summed E-state index contributed by atoms with van der Waals surface area (Å²) in [6.45, 7) is 4.55. The third kappa shape index (κ3) is 4.74. The molecule has 7 nitrogen and oxygen atoms in total. The van der Waals surface area contributed by atoms with Gasteiger partial charge >= 0.3 is 0 Å². The average Bonchev–Trinajstić information content (AvgIpc) is 3.21. The van der Waals surface area contributed by atoms with Gasteiger partial charge in [-0.3, -0.25) is 14.4 Å². The van der Waals surface area contributed by atoms with Crippen LogP contribution in [0.25, 0.3) is 0 Å². The maximum absolute atomic E-state index is 13.2. The van der Waals surface area contributed by atoms with Crippen molar-refractivity contribution in [2.45, 2.75) is 19.4 Å². The number of rotatable bonds is 5. The predicted molar refractivity (Wildman–Crippen MR) is 120 cm³/mol. The van der Waals surface area contributed by atoms with E-state index in [1.54, 1.807) is 11.8 Å². The first-order chi connectivity index (χ1) is 15.4. The zero-order valence-corrected chi connectivity index (χ0v) is 18.0. The van der Waals surface area contributed by atoms with Gasteiger partial charge in [0.15, 0.2) is 0 Å². The number of halogens is 1. The van der Waals surface area contributed by atoms with E-state index in [-0.39, 0.29) is 36.5 Å². The van der Waals surface area contributed by atoms with E-state index in [2.05, 4.69) is 22.3 Å². The molecule has 168 valence electrons. The van der Waals surface area contributed by atoms with Crippen molar-refractivity contribution in [1.82, 2.24) is 10.2 Å². The van der Waals surface area contributed by atoms with E-state index in [9.17, 15) is 18.8 Å². The maximum atomic E-state index is 13.2. The van der Waals surface area contributed by atoms with Crippen molar-refractivity contribution >= 4 is 29.1 Å². The molecule has 2 unspecified atom stereocenters. The SMILES string of the molecule is CC(NC(=O)C1CC(=O)N(c2ccc(F)cc2)C1)C(=O)N1CCN(c2ccccc2)CC1. The maximum Gasteiger partial charge on any atom is 0.244 e. The summed E-state index contributed by atoms with van der Waals surface area (Å²) < 4.78 is 13.2. The molecule has 2 aromatic rings. The molecule has 2 saturated heterocycles. The standard InChI is InChI=1S/C24H27FN4O3/c1-17(24(32)28-13-11-27(12-14-28)20-5-3-2-4-6-20)26-23(31)18-15-22(30)29(16-18)21-9-7-19(25)8-10-21/h2-10,17-18H,11-16H2,1H3,(H,26,31). The van der Waals surface area contributed by atoms with E-state index in [0.717, 1.165) is 18.8 Å². The van der Waals surface area contributed by atoms with Gasteiger partial charge in [0.2, 0.25) is 17.7 Å². The highest BCUT2D eigenvalue weighted by atomic mass is 19.1. The van der Waals surface area contributed by atoms with Crippen molar-refractivity contribution in [2.75, 3.05) is 42.5 Å². The van der Waals surface area contributed by atoms with Crippen molar-refractivity contribution in [2.24, 2.45) is 5.92 Å². The summed E-state index contributed by atoms with van der Waals surface area (Å²) in [7, 11) is 0. The van der Waals surface area contributed by atoms with Gasteiger partial charge < -0.3 is 20.0 Å². The minimum absolute atomic E-state index is 0.0693. The third-order valence-electron chi connectivity index (χ3n) is 6.08. The molecular weight excluding hydrogens is 411 g/mol. The predicted octanol–water partition coefficient (Wildman–Crippen LogP) is 2.03. The molecule has 0 bridgehead atoms. The van der Waals surface area contributed by atoms with Crippen LogP contribution in [0, 0.1) is 11.7 Å². The number of nitrogens with zero attached hydrogens (tertiary/aromatic N) is 3. The molecule has 2 aliphatic rings. The average molecular weight is 439 g/mol. The van der Waals surface area contributed by atoms with Crippen molar-refractivity contribution < 1.29 is 18.8 Å². The van der Waals surface area contributed by atoms with Crippen molar-refractivity contribution in [3.8, 4) is 0 Å². The zero-order chi connectivity index (χ0) is 22.7. The van der Waals surface area contributed by atoms with Crippen LogP contribution < -0.4 is 15.1 Å². The Morgan fingerprint density at radius 2 is 1.62 bits per heavy atom. The molecule has 3 amide bonds. The first kappa shape index (κ1) is 21.8. The van der Waals surface area contributed by atoms with E-state index in [1.807, 2.05) is 18.2 Å². The normalized spacial score (nSPS) is 19.8. The summed E-state index contributed by atoms with van der Waals surface area (Å²) in [6, 6.07) is 15.0. The summed E-state index contributed by atoms with van der Waals surface area (Å²) in [4.78, 5) is 43.4. The number of benzene rings is 2. The third-order valence-corrected chi connectivity index (χ3v) is 6.08. The Balaban J connectivity index is 1.28. The molecule has 0 radical (unpaired) electrons. The Morgan fingerprint density at radius 1 is 0.969 bits per heavy atom. The van der Waals surface area contributed by atoms with Gasteiger partial charge in [-0.05, 0) is 43.3 Å².